The van der Waals surface area contributed by atoms with Crippen LogP contribution in [0.4, 0.5) is 13.2 Å². The van der Waals surface area contributed by atoms with E-state index in [2.05, 4.69) is 29.8 Å². The van der Waals surface area contributed by atoms with Crippen molar-refractivity contribution in [3.05, 3.63) is 29.8 Å². The van der Waals surface area contributed by atoms with Gasteiger partial charge in [-0.25, -0.2) is 0 Å². The Kier molecular flexibility index (Phi) is 5.38. The van der Waals surface area contributed by atoms with Crippen LogP contribution in [0.5, 0.6) is 0 Å². The predicted molar refractivity (Wildman–Crippen MR) is 70.0 cm³/mol. The van der Waals surface area contributed by atoms with Gasteiger partial charge in [-0.1, -0.05) is 41.9 Å². The highest BCUT2D eigenvalue weighted by molar-refractivity contribution is 9.09. The van der Waals surface area contributed by atoms with E-state index in [1.807, 2.05) is 24.3 Å². The lowest BCUT2D eigenvalue weighted by Gasteiger charge is -2.13. The van der Waals surface area contributed by atoms with Gasteiger partial charge in [0.2, 0.25) is 0 Å². The monoisotopic (exact) mass is 326 g/mol. The summed E-state index contributed by atoms with van der Waals surface area (Å²) < 4.78 is 36.8. The number of alkyl halides is 4. The van der Waals surface area contributed by atoms with Crippen LogP contribution in [0, 0.1) is 0 Å². The lowest BCUT2D eigenvalue weighted by atomic mass is 10.0. The smallest absolute Gasteiger partial charge is 0.170 e. The van der Waals surface area contributed by atoms with Crippen molar-refractivity contribution in [2.45, 2.75) is 35.7 Å². The van der Waals surface area contributed by atoms with E-state index in [0.717, 1.165) is 4.90 Å². The third-order valence-corrected chi connectivity index (χ3v) is 4.68. The molecule has 0 aliphatic heterocycles. The second-order valence-corrected chi connectivity index (χ2v) is 6.24. The van der Waals surface area contributed by atoms with Crippen LogP contribution >= 0.6 is 27.7 Å². The third kappa shape index (κ3) is 4.92. The molecule has 0 nitrogen and oxygen atoms in total. The van der Waals surface area contributed by atoms with Crippen molar-refractivity contribution >= 4 is 27.7 Å². The van der Waals surface area contributed by atoms with E-state index in [1.165, 1.54) is 17.3 Å². The molecule has 0 amide bonds. The fraction of sp³-hybridized carbons (Fsp3) is 0.500. The maximum absolute atomic E-state index is 12.3. The highest BCUT2D eigenvalue weighted by Crippen LogP contribution is 2.31. The normalized spacial score (nSPS) is 14.1. The van der Waals surface area contributed by atoms with Crippen LogP contribution in [0.2, 0.25) is 0 Å². The average molecular weight is 327 g/mol. The summed E-state index contributed by atoms with van der Waals surface area (Å²) >= 11 is 3.86. The van der Waals surface area contributed by atoms with Gasteiger partial charge in [0.25, 0.3) is 0 Å². The molecule has 0 saturated carbocycles. The molecule has 0 aliphatic carbocycles. The Morgan fingerprint density at radius 3 is 2.12 bits per heavy atom. The summed E-state index contributed by atoms with van der Waals surface area (Å²) in [5.74, 6) is 0.429. The van der Waals surface area contributed by atoms with Crippen LogP contribution in [-0.2, 0) is 0 Å². The molecule has 1 atom stereocenters. The van der Waals surface area contributed by atoms with Crippen molar-refractivity contribution in [1.29, 1.82) is 0 Å². The summed E-state index contributed by atoms with van der Waals surface area (Å²) in [6, 6.07) is 7.67. The van der Waals surface area contributed by atoms with Crippen LogP contribution in [0.3, 0.4) is 0 Å². The Balaban J connectivity index is 2.53. The molecule has 0 bridgehead atoms. The number of hydrogen-bond acceptors (Lipinski definition) is 1. The number of hydrogen-bond donors (Lipinski definition) is 0. The summed E-state index contributed by atoms with van der Waals surface area (Å²) in [6.07, 6.45) is -4.18. The second kappa shape index (κ2) is 6.14. The highest BCUT2D eigenvalue weighted by atomic mass is 79.9. The number of halogens is 4. The molecule has 17 heavy (non-hydrogen) atoms. The van der Waals surface area contributed by atoms with Crippen molar-refractivity contribution in [3.8, 4) is 0 Å². The molecule has 0 fully saturated rings. The van der Waals surface area contributed by atoms with Crippen LogP contribution < -0.4 is 0 Å². The zero-order valence-electron chi connectivity index (χ0n) is 9.59. The molecule has 0 saturated heterocycles. The van der Waals surface area contributed by atoms with Gasteiger partial charge in [-0.3, -0.25) is 0 Å². The first-order valence-electron chi connectivity index (χ1n) is 5.24. The maximum atomic E-state index is 12.3. The van der Waals surface area contributed by atoms with Gasteiger partial charge in [0, 0.05) is 10.6 Å². The first-order chi connectivity index (χ1) is 7.80. The van der Waals surface area contributed by atoms with E-state index < -0.39 is 11.0 Å². The molecule has 1 rings (SSSR count). The Morgan fingerprint density at radius 2 is 1.71 bits per heavy atom. The Bertz CT molecular complexity index is 346. The van der Waals surface area contributed by atoms with E-state index in [-0.39, 0.29) is 5.75 Å². The summed E-state index contributed by atoms with van der Waals surface area (Å²) in [4.78, 5) is -0.590. The molecule has 1 aromatic rings. The standard InChI is InChI=1S/C12H14BrF3S/c1-8(2)9-3-5-10(6-4-9)17-7-11(13)12(14,15)16/h3-6,8,11H,7H2,1-2H3. The largest absolute Gasteiger partial charge is 0.402 e. The van der Waals surface area contributed by atoms with Gasteiger partial charge in [0.05, 0.1) is 0 Å². The van der Waals surface area contributed by atoms with Crippen molar-refractivity contribution < 1.29 is 13.2 Å². The minimum atomic E-state index is -4.18. The van der Waals surface area contributed by atoms with E-state index in [9.17, 15) is 13.2 Å². The van der Waals surface area contributed by atoms with Crippen molar-refractivity contribution in [3.63, 3.8) is 0 Å². The number of benzene rings is 1. The van der Waals surface area contributed by atoms with Gasteiger partial charge < -0.3 is 0 Å². The van der Waals surface area contributed by atoms with Crippen LogP contribution in [0.1, 0.15) is 25.3 Å². The van der Waals surface area contributed by atoms with Gasteiger partial charge in [-0.2, -0.15) is 13.2 Å². The molecule has 0 aliphatic rings. The van der Waals surface area contributed by atoms with Gasteiger partial charge in [-0.15, -0.1) is 11.8 Å². The first kappa shape index (κ1) is 14.9. The van der Waals surface area contributed by atoms with Gasteiger partial charge >= 0.3 is 6.18 Å². The summed E-state index contributed by atoms with van der Waals surface area (Å²) in [7, 11) is 0. The average Bonchev–Trinajstić information content (AvgIpc) is 2.25. The first-order valence-corrected chi connectivity index (χ1v) is 7.14. The van der Waals surface area contributed by atoms with Crippen molar-refractivity contribution in [2.24, 2.45) is 0 Å². The number of thioether (sulfide) groups is 1. The third-order valence-electron chi connectivity index (χ3n) is 2.30. The lowest BCUT2D eigenvalue weighted by Crippen LogP contribution is -2.24. The van der Waals surface area contributed by atoms with E-state index in [4.69, 9.17) is 0 Å². The quantitative estimate of drug-likeness (QED) is 0.539. The van der Waals surface area contributed by atoms with Crippen molar-refractivity contribution in [2.75, 3.05) is 5.75 Å². The zero-order chi connectivity index (χ0) is 13.1. The molecule has 5 heteroatoms. The summed E-state index contributed by atoms with van der Waals surface area (Å²) in [6.45, 7) is 4.17. The minimum absolute atomic E-state index is 0.00940. The van der Waals surface area contributed by atoms with Crippen LogP contribution in [0.15, 0.2) is 29.2 Å². The lowest BCUT2D eigenvalue weighted by molar-refractivity contribution is -0.122. The number of rotatable bonds is 4. The van der Waals surface area contributed by atoms with Crippen LogP contribution in [-0.4, -0.2) is 16.8 Å². The SMILES string of the molecule is CC(C)c1ccc(SCC(Br)C(F)(F)F)cc1. The fourth-order valence-corrected chi connectivity index (χ4v) is 2.47. The minimum Gasteiger partial charge on any atom is -0.170 e. The zero-order valence-corrected chi connectivity index (χ0v) is 12.0. The van der Waals surface area contributed by atoms with E-state index in [0.29, 0.717) is 5.92 Å². The second-order valence-electron chi connectivity index (χ2n) is 4.04. The van der Waals surface area contributed by atoms with Gasteiger partial charge in [0.1, 0.15) is 4.83 Å². The Labute approximate surface area is 112 Å². The highest BCUT2D eigenvalue weighted by Gasteiger charge is 2.37. The van der Waals surface area contributed by atoms with E-state index >= 15 is 0 Å². The molecular weight excluding hydrogens is 313 g/mol. The molecule has 96 valence electrons. The molecule has 0 spiro atoms. The Morgan fingerprint density at radius 1 is 1.18 bits per heavy atom. The van der Waals surface area contributed by atoms with E-state index in [1.54, 1.807) is 0 Å². The molecule has 0 aromatic heterocycles. The van der Waals surface area contributed by atoms with Crippen molar-refractivity contribution in [1.82, 2.24) is 0 Å². The van der Waals surface area contributed by atoms with Gasteiger partial charge in [-0.05, 0) is 23.6 Å². The molecule has 0 radical (unpaired) electrons. The topological polar surface area (TPSA) is 0 Å². The molecule has 0 N–H and O–H groups in total. The van der Waals surface area contributed by atoms with Crippen LogP contribution in [0.25, 0.3) is 0 Å². The fourth-order valence-electron chi connectivity index (χ4n) is 1.21. The summed E-state index contributed by atoms with van der Waals surface area (Å²) in [5.41, 5.74) is 1.19. The summed E-state index contributed by atoms with van der Waals surface area (Å²) in [5, 5.41) is 0. The van der Waals surface area contributed by atoms with Gasteiger partial charge in [0.15, 0.2) is 0 Å². The molecule has 1 unspecified atom stereocenters. The molecule has 0 heterocycles. The maximum Gasteiger partial charge on any atom is 0.402 e. The predicted octanol–water partition coefficient (Wildman–Crippen LogP) is 5.23. The Hall–Kier alpha value is -0.160. The molecular formula is C12H14BrF3S. The molecule has 1 aromatic carbocycles.